The second kappa shape index (κ2) is 4.51. The molecule has 2 unspecified atom stereocenters. The van der Waals surface area contributed by atoms with Gasteiger partial charge >= 0.3 is 0 Å². The zero-order valence-electron chi connectivity index (χ0n) is 8.11. The molecule has 82 valence electrons. The minimum Gasteiger partial charge on any atom is -0.399 e. The van der Waals surface area contributed by atoms with E-state index in [0.29, 0.717) is 28.8 Å². The van der Waals surface area contributed by atoms with E-state index in [1.54, 1.807) is 18.2 Å². The molecule has 2 N–H and O–H groups in total. The third-order valence-electron chi connectivity index (χ3n) is 2.36. The normalized spacial score (nSPS) is 22.9. The largest absolute Gasteiger partial charge is 0.399 e. The zero-order chi connectivity index (χ0) is 10.8. The van der Waals surface area contributed by atoms with Crippen molar-refractivity contribution in [2.45, 2.75) is 16.6 Å². The Balaban J connectivity index is 2.27. The Hall–Kier alpha value is -0.580. The number of rotatable bonds is 2. The van der Waals surface area contributed by atoms with Crippen LogP contribution in [0.2, 0.25) is 5.02 Å². The second-order valence-electron chi connectivity index (χ2n) is 3.47. The molecule has 0 saturated carbocycles. The van der Waals surface area contributed by atoms with E-state index in [-0.39, 0.29) is 5.25 Å². The number of benzene rings is 1. The first kappa shape index (κ1) is 10.9. The van der Waals surface area contributed by atoms with Crippen molar-refractivity contribution in [3.63, 3.8) is 0 Å². The van der Waals surface area contributed by atoms with Gasteiger partial charge in [0.25, 0.3) is 0 Å². The Morgan fingerprint density at radius 2 is 2.33 bits per heavy atom. The van der Waals surface area contributed by atoms with Gasteiger partial charge in [-0.3, -0.25) is 4.21 Å². The van der Waals surface area contributed by atoms with Crippen LogP contribution in [0.15, 0.2) is 23.1 Å². The summed E-state index contributed by atoms with van der Waals surface area (Å²) in [6.45, 7) is 1.22. The highest BCUT2D eigenvalue weighted by molar-refractivity contribution is 7.85. The number of anilines is 1. The molecule has 1 fully saturated rings. The first-order valence-corrected chi connectivity index (χ1v) is 6.31. The molecule has 3 nitrogen and oxygen atoms in total. The second-order valence-corrected chi connectivity index (χ2v) is 5.58. The third kappa shape index (κ3) is 2.33. The van der Waals surface area contributed by atoms with Gasteiger partial charge < -0.3 is 10.5 Å². The van der Waals surface area contributed by atoms with Crippen LogP contribution >= 0.6 is 11.6 Å². The molecule has 1 saturated heterocycles. The molecule has 1 aromatic carbocycles. The lowest BCUT2D eigenvalue weighted by Crippen LogP contribution is -2.15. The molecule has 0 radical (unpaired) electrons. The van der Waals surface area contributed by atoms with Crippen LogP contribution in [-0.2, 0) is 15.5 Å². The summed E-state index contributed by atoms with van der Waals surface area (Å²) in [4.78, 5) is 0.618. The molecule has 0 spiro atoms. The highest BCUT2D eigenvalue weighted by Crippen LogP contribution is 2.26. The van der Waals surface area contributed by atoms with Gasteiger partial charge in [-0.1, -0.05) is 11.6 Å². The number of nitrogens with two attached hydrogens (primary N) is 1. The van der Waals surface area contributed by atoms with Gasteiger partial charge in [-0.15, -0.1) is 0 Å². The molecular formula is C10H12ClNO2S. The lowest BCUT2D eigenvalue weighted by Gasteiger charge is -2.09. The lowest BCUT2D eigenvalue weighted by atomic mass is 10.3. The Kier molecular flexibility index (Phi) is 3.29. The quantitative estimate of drug-likeness (QED) is 0.809. The fraction of sp³-hybridized carbons (Fsp3) is 0.400. The summed E-state index contributed by atoms with van der Waals surface area (Å²) < 4.78 is 17.3. The predicted molar refractivity (Wildman–Crippen MR) is 61.5 cm³/mol. The molecule has 1 heterocycles. The van der Waals surface area contributed by atoms with Crippen molar-refractivity contribution in [1.29, 1.82) is 0 Å². The molecule has 2 rings (SSSR count). The van der Waals surface area contributed by atoms with Crippen LogP contribution in [0.3, 0.4) is 0 Å². The SMILES string of the molecule is Nc1ccc(Cl)c(S(=O)C2CCOC2)c1. The summed E-state index contributed by atoms with van der Waals surface area (Å²) in [7, 11) is -1.12. The minimum absolute atomic E-state index is 0.0456. The molecule has 0 bridgehead atoms. The summed E-state index contributed by atoms with van der Waals surface area (Å²) in [6, 6.07) is 5.06. The maximum absolute atomic E-state index is 12.1. The average Bonchev–Trinajstić information content (AvgIpc) is 2.74. The van der Waals surface area contributed by atoms with E-state index in [1.165, 1.54) is 0 Å². The van der Waals surface area contributed by atoms with Gasteiger partial charge in [0, 0.05) is 12.3 Å². The third-order valence-corrected chi connectivity index (χ3v) is 4.55. The van der Waals surface area contributed by atoms with Crippen molar-refractivity contribution >= 4 is 28.1 Å². The summed E-state index contributed by atoms with van der Waals surface area (Å²) >= 11 is 5.98. The van der Waals surface area contributed by atoms with Crippen molar-refractivity contribution in [3.05, 3.63) is 23.2 Å². The van der Waals surface area contributed by atoms with E-state index in [2.05, 4.69) is 0 Å². The summed E-state index contributed by atoms with van der Waals surface area (Å²) in [5, 5.41) is 0.554. The van der Waals surface area contributed by atoms with Crippen LogP contribution in [0.25, 0.3) is 0 Å². The molecule has 5 heteroatoms. The van der Waals surface area contributed by atoms with Gasteiger partial charge in [0.15, 0.2) is 0 Å². The Bertz CT molecular complexity index is 391. The van der Waals surface area contributed by atoms with Crippen LogP contribution in [0.1, 0.15) is 6.42 Å². The molecule has 2 atom stereocenters. The predicted octanol–water partition coefficient (Wildman–Crippen LogP) is 1.82. The molecule has 15 heavy (non-hydrogen) atoms. The van der Waals surface area contributed by atoms with Gasteiger partial charge in [0.05, 0.1) is 32.6 Å². The van der Waals surface area contributed by atoms with E-state index < -0.39 is 10.8 Å². The lowest BCUT2D eigenvalue weighted by molar-refractivity contribution is 0.199. The minimum atomic E-state index is -1.12. The summed E-state index contributed by atoms with van der Waals surface area (Å²) in [5.41, 5.74) is 6.22. The fourth-order valence-electron chi connectivity index (χ4n) is 1.54. The average molecular weight is 246 g/mol. The van der Waals surface area contributed by atoms with Crippen LogP contribution < -0.4 is 5.73 Å². The van der Waals surface area contributed by atoms with Crippen LogP contribution in [0, 0.1) is 0 Å². The van der Waals surface area contributed by atoms with E-state index in [1.807, 2.05) is 0 Å². The van der Waals surface area contributed by atoms with E-state index in [0.717, 1.165) is 6.42 Å². The van der Waals surface area contributed by atoms with Crippen molar-refractivity contribution in [2.75, 3.05) is 18.9 Å². The summed E-state index contributed by atoms with van der Waals surface area (Å²) in [6.07, 6.45) is 0.817. The first-order valence-electron chi connectivity index (χ1n) is 4.72. The van der Waals surface area contributed by atoms with E-state index in [9.17, 15) is 4.21 Å². The van der Waals surface area contributed by atoms with Crippen molar-refractivity contribution in [3.8, 4) is 0 Å². The van der Waals surface area contributed by atoms with E-state index >= 15 is 0 Å². The van der Waals surface area contributed by atoms with Crippen molar-refractivity contribution in [1.82, 2.24) is 0 Å². The highest BCUT2D eigenvalue weighted by atomic mass is 35.5. The van der Waals surface area contributed by atoms with Crippen LogP contribution in [-0.4, -0.2) is 22.7 Å². The monoisotopic (exact) mass is 245 g/mol. The van der Waals surface area contributed by atoms with Gasteiger partial charge in [-0.25, -0.2) is 0 Å². The highest BCUT2D eigenvalue weighted by Gasteiger charge is 2.24. The number of hydrogen-bond acceptors (Lipinski definition) is 3. The molecule has 1 aromatic rings. The molecule has 0 amide bonds. The fourth-order valence-corrected chi connectivity index (χ4v) is 3.28. The Morgan fingerprint density at radius 3 is 3.00 bits per heavy atom. The molecule has 1 aliphatic heterocycles. The van der Waals surface area contributed by atoms with Gasteiger partial charge in [-0.2, -0.15) is 0 Å². The maximum Gasteiger partial charge on any atom is 0.0650 e. The summed E-state index contributed by atoms with van der Waals surface area (Å²) in [5.74, 6) is 0. The van der Waals surface area contributed by atoms with Gasteiger partial charge in [0.2, 0.25) is 0 Å². The smallest absolute Gasteiger partial charge is 0.0650 e. The maximum atomic E-state index is 12.1. The zero-order valence-corrected chi connectivity index (χ0v) is 9.68. The number of ether oxygens (including phenoxy) is 1. The standard InChI is InChI=1S/C10H12ClNO2S/c11-9-2-1-7(12)5-10(9)15(13)8-3-4-14-6-8/h1-2,5,8H,3-4,6,12H2. The Morgan fingerprint density at radius 1 is 1.53 bits per heavy atom. The van der Waals surface area contributed by atoms with Crippen molar-refractivity contribution < 1.29 is 8.95 Å². The van der Waals surface area contributed by atoms with Crippen LogP contribution in [0.5, 0.6) is 0 Å². The number of halogens is 1. The molecule has 0 aromatic heterocycles. The van der Waals surface area contributed by atoms with E-state index in [4.69, 9.17) is 22.1 Å². The first-order chi connectivity index (χ1) is 7.18. The Labute approximate surface area is 96.0 Å². The topological polar surface area (TPSA) is 52.3 Å². The molecule has 1 aliphatic rings. The van der Waals surface area contributed by atoms with Gasteiger partial charge in [0.1, 0.15) is 0 Å². The number of nitrogen functional groups attached to an aromatic ring is 1. The van der Waals surface area contributed by atoms with Gasteiger partial charge in [-0.05, 0) is 24.6 Å². The van der Waals surface area contributed by atoms with Crippen LogP contribution in [0.4, 0.5) is 5.69 Å². The molecule has 0 aliphatic carbocycles. The number of hydrogen-bond donors (Lipinski definition) is 1. The molecular weight excluding hydrogens is 234 g/mol. The van der Waals surface area contributed by atoms with Crippen molar-refractivity contribution in [2.24, 2.45) is 0 Å².